The Balaban J connectivity index is 2.62. The highest BCUT2D eigenvalue weighted by Gasteiger charge is 2.04. The summed E-state index contributed by atoms with van der Waals surface area (Å²) in [6, 6.07) is 0.164. The molecule has 0 aliphatic carbocycles. The maximum absolute atomic E-state index is 5.79. The first-order valence-electron chi connectivity index (χ1n) is 4.62. The molecule has 0 aromatic carbocycles. The van der Waals surface area contributed by atoms with E-state index in [9.17, 15) is 0 Å². The van der Waals surface area contributed by atoms with Crippen LogP contribution < -0.4 is 11.1 Å². The van der Waals surface area contributed by atoms with E-state index in [4.69, 9.17) is 5.73 Å². The zero-order valence-electron chi connectivity index (χ0n) is 8.42. The van der Waals surface area contributed by atoms with Gasteiger partial charge in [-0.15, -0.1) is 0 Å². The molecule has 0 aliphatic heterocycles. The number of anilines is 1. The average Bonchev–Trinajstić information content (AvgIpc) is 2.19. The number of nitrogens with one attached hydrogen (secondary N) is 1. The molecule has 4 nitrogen and oxygen atoms in total. The van der Waals surface area contributed by atoms with Crippen LogP contribution in [-0.2, 0) is 0 Å². The van der Waals surface area contributed by atoms with E-state index < -0.39 is 0 Å². The number of nitrogens with two attached hydrogens (primary N) is 1. The summed E-state index contributed by atoms with van der Waals surface area (Å²) < 4.78 is 0.867. The maximum atomic E-state index is 5.79. The highest BCUT2D eigenvalue weighted by molar-refractivity contribution is 9.10. The number of aromatic nitrogens is 2. The zero-order chi connectivity index (χ0) is 10.6. The Bertz CT molecular complexity index is 303. The molecular formula is C9H15BrN4. The minimum Gasteiger partial charge on any atom is -0.367 e. The molecule has 1 unspecified atom stereocenters. The standard InChI is InChI=1S/C9H15BrN4/c1-3-7(11)4-13-9-8(10)5-12-6(2)14-9/h5,7H,3-4,11H2,1-2H3,(H,12,13,14). The van der Waals surface area contributed by atoms with Gasteiger partial charge in [-0.3, -0.25) is 0 Å². The van der Waals surface area contributed by atoms with Crippen LogP contribution in [0.1, 0.15) is 19.2 Å². The van der Waals surface area contributed by atoms with E-state index >= 15 is 0 Å². The molecule has 1 aromatic heterocycles. The average molecular weight is 259 g/mol. The van der Waals surface area contributed by atoms with E-state index in [2.05, 4.69) is 38.1 Å². The van der Waals surface area contributed by atoms with Crippen LogP contribution >= 0.6 is 15.9 Å². The van der Waals surface area contributed by atoms with Crippen LogP contribution in [0.5, 0.6) is 0 Å². The van der Waals surface area contributed by atoms with E-state index in [1.54, 1.807) is 6.20 Å². The Kier molecular flexibility index (Phi) is 4.28. The summed E-state index contributed by atoms with van der Waals surface area (Å²) in [7, 11) is 0. The molecule has 78 valence electrons. The highest BCUT2D eigenvalue weighted by atomic mass is 79.9. The molecule has 0 saturated carbocycles. The van der Waals surface area contributed by atoms with Crippen molar-refractivity contribution in [2.45, 2.75) is 26.3 Å². The van der Waals surface area contributed by atoms with Crippen molar-refractivity contribution in [1.82, 2.24) is 9.97 Å². The fourth-order valence-electron chi connectivity index (χ4n) is 0.951. The third-order valence-corrected chi connectivity index (χ3v) is 2.50. The SMILES string of the molecule is CCC(N)CNc1nc(C)ncc1Br. The van der Waals surface area contributed by atoms with Gasteiger partial charge >= 0.3 is 0 Å². The third-order valence-electron chi connectivity index (χ3n) is 1.92. The van der Waals surface area contributed by atoms with Gasteiger partial charge in [0.25, 0.3) is 0 Å². The summed E-state index contributed by atoms with van der Waals surface area (Å²) in [5.41, 5.74) is 5.79. The topological polar surface area (TPSA) is 63.8 Å². The van der Waals surface area contributed by atoms with Crippen molar-refractivity contribution in [1.29, 1.82) is 0 Å². The molecule has 1 atom stereocenters. The van der Waals surface area contributed by atoms with Crippen LogP contribution in [0.15, 0.2) is 10.7 Å². The zero-order valence-corrected chi connectivity index (χ0v) is 10.0. The van der Waals surface area contributed by atoms with E-state index in [1.165, 1.54) is 0 Å². The quantitative estimate of drug-likeness (QED) is 0.863. The van der Waals surface area contributed by atoms with E-state index in [0.29, 0.717) is 0 Å². The fraction of sp³-hybridized carbons (Fsp3) is 0.556. The molecule has 0 radical (unpaired) electrons. The van der Waals surface area contributed by atoms with Gasteiger partial charge in [-0.05, 0) is 29.3 Å². The predicted molar refractivity (Wildman–Crippen MR) is 61.2 cm³/mol. The molecule has 1 rings (SSSR count). The van der Waals surface area contributed by atoms with Gasteiger partial charge in [-0.1, -0.05) is 6.92 Å². The molecule has 0 saturated heterocycles. The normalized spacial score (nSPS) is 12.6. The van der Waals surface area contributed by atoms with Gasteiger partial charge in [-0.2, -0.15) is 0 Å². The van der Waals surface area contributed by atoms with Crippen LogP contribution in [0.25, 0.3) is 0 Å². The molecule has 0 amide bonds. The molecule has 0 fully saturated rings. The maximum Gasteiger partial charge on any atom is 0.144 e. The second-order valence-corrected chi connectivity index (χ2v) is 4.02. The van der Waals surface area contributed by atoms with Gasteiger partial charge in [0.05, 0.1) is 4.47 Å². The summed E-state index contributed by atoms with van der Waals surface area (Å²) in [5.74, 6) is 1.56. The largest absolute Gasteiger partial charge is 0.367 e. The van der Waals surface area contributed by atoms with Crippen LogP contribution in [0.2, 0.25) is 0 Å². The Morgan fingerprint density at radius 2 is 2.36 bits per heavy atom. The first-order chi connectivity index (χ1) is 6.63. The molecule has 1 aromatic rings. The van der Waals surface area contributed by atoms with Gasteiger partial charge in [0.1, 0.15) is 11.6 Å². The van der Waals surface area contributed by atoms with Gasteiger partial charge in [0, 0.05) is 18.8 Å². The number of rotatable bonds is 4. The van der Waals surface area contributed by atoms with Crippen LogP contribution in [0.4, 0.5) is 5.82 Å². The molecule has 14 heavy (non-hydrogen) atoms. The molecule has 0 aliphatic rings. The second kappa shape index (κ2) is 5.26. The van der Waals surface area contributed by atoms with E-state index in [1.807, 2.05) is 6.92 Å². The summed E-state index contributed by atoms with van der Waals surface area (Å²) in [6.07, 6.45) is 2.69. The van der Waals surface area contributed by atoms with Crippen molar-refractivity contribution in [3.05, 3.63) is 16.5 Å². The molecular weight excluding hydrogens is 244 g/mol. The van der Waals surface area contributed by atoms with Crippen molar-refractivity contribution in [3.63, 3.8) is 0 Å². The lowest BCUT2D eigenvalue weighted by atomic mass is 10.2. The smallest absolute Gasteiger partial charge is 0.144 e. The predicted octanol–water partition coefficient (Wildman–Crippen LogP) is 1.70. The van der Waals surface area contributed by atoms with Crippen molar-refractivity contribution in [2.75, 3.05) is 11.9 Å². The van der Waals surface area contributed by atoms with Gasteiger partial charge < -0.3 is 11.1 Å². The van der Waals surface area contributed by atoms with Crippen molar-refractivity contribution < 1.29 is 0 Å². The van der Waals surface area contributed by atoms with Gasteiger partial charge in [0.15, 0.2) is 0 Å². The lowest BCUT2D eigenvalue weighted by molar-refractivity contribution is 0.677. The van der Waals surface area contributed by atoms with Gasteiger partial charge in [-0.25, -0.2) is 9.97 Å². The molecule has 1 heterocycles. The molecule has 5 heteroatoms. The van der Waals surface area contributed by atoms with Crippen molar-refractivity contribution >= 4 is 21.7 Å². The minimum atomic E-state index is 0.164. The number of aryl methyl sites for hydroxylation is 1. The Labute approximate surface area is 92.5 Å². The fourth-order valence-corrected chi connectivity index (χ4v) is 1.28. The van der Waals surface area contributed by atoms with E-state index in [-0.39, 0.29) is 6.04 Å². The molecule has 0 bridgehead atoms. The number of hydrogen-bond acceptors (Lipinski definition) is 4. The van der Waals surface area contributed by atoms with Crippen molar-refractivity contribution in [2.24, 2.45) is 5.73 Å². The number of halogens is 1. The third kappa shape index (κ3) is 3.23. The Morgan fingerprint density at radius 3 is 3.00 bits per heavy atom. The van der Waals surface area contributed by atoms with Gasteiger partial charge in [0.2, 0.25) is 0 Å². The number of nitrogens with zero attached hydrogens (tertiary/aromatic N) is 2. The van der Waals surface area contributed by atoms with E-state index in [0.717, 1.165) is 29.1 Å². The Morgan fingerprint density at radius 1 is 1.64 bits per heavy atom. The summed E-state index contributed by atoms with van der Waals surface area (Å²) in [4.78, 5) is 8.31. The highest BCUT2D eigenvalue weighted by Crippen LogP contribution is 2.17. The lowest BCUT2D eigenvalue weighted by Crippen LogP contribution is -2.28. The first kappa shape index (κ1) is 11.4. The first-order valence-corrected chi connectivity index (χ1v) is 5.41. The van der Waals surface area contributed by atoms with Crippen molar-refractivity contribution in [3.8, 4) is 0 Å². The molecule has 0 spiro atoms. The number of hydrogen-bond donors (Lipinski definition) is 2. The molecule has 3 N–H and O–H groups in total. The second-order valence-electron chi connectivity index (χ2n) is 3.16. The minimum absolute atomic E-state index is 0.164. The summed E-state index contributed by atoms with van der Waals surface area (Å²) in [5, 5.41) is 3.18. The Hall–Kier alpha value is -0.680. The summed E-state index contributed by atoms with van der Waals surface area (Å²) >= 11 is 3.37. The summed E-state index contributed by atoms with van der Waals surface area (Å²) in [6.45, 7) is 4.65. The van der Waals surface area contributed by atoms with Crippen LogP contribution in [-0.4, -0.2) is 22.6 Å². The van der Waals surface area contributed by atoms with Crippen LogP contribution in [0.3, 0.4) is 0 Å². The lowest BCUT2D eigenvalue weighted by Gasteiger charge is -2.11. The van der Waals surface area contributed by atoms with Crippen LogP contribution in [0, 0.1) is 6.92 Å². The monoisotopic (exact) mass is 258 g/mol.